The molecular weight excluding hydrogens is 360 g/mol. The highest BCUT2D eigenvalue weighted by atomic mass is 15.4. The van der Waals surface area contributed by atoms with Crippen molar-refractivity contribution in [2.75, 3.05) is 0 Å². The predicted octanol–water partition coefficient (Wildman–Crippen LogP) is 4.57. The molecule has 138 valence electrons. The Hall–Kier alpha value is -4.06. The number of nitrogens with one attached hydrogen (secondary N) is 1. The molecular formula is C23H16N6. The number of fused-ring (bicyclic) bond motifs is 3. The molecule has 1 N–H and O–H groups in total. The third-order valence-electron chi connectivity index (χ3n) is 5.21. The maximum absolute atomic E-state index is 4.87. The van der Waals surface area contributed by atoms with Crippen LogP contribution < -0.4 is 0 Å². The molecule has 4 aromatic heterocycles. The molecule has 6 nitrogen and oxygen atoms in total. The monoisotopic (exact) mass is 376 g/mol. The normalized spacial score (nSPS) is 11.6. The lowest BCUT2D eigenvalue weighted by Crippen LogP contribution is -2.03. The third-order valence-corrected chi connectivity index (χ3v) is 5.21. The van der Waals surface area contributed by atoms with Crippen molar-refractivity contribution in [1.29, 1.82) is 0 Å². The van der Waals surface area contributed by atoms with Gasteiger partial charge < -0.3 is 4.98 Å². The SMILES string of the molecule is c1cnc2ccc(Cn3nnc4ccc(-c5ccc6cc[nH]c6c5)nc43)cc2c1. The molecule has 0 aliphatic rings. The van der Waals surface area contributed by atoms with Crippen LogP contribution in [-0.2, 0) is 6.54 Å². The number of aromatic nitrogens is 6. The summed E-state index contributed by atoms with van der Waals surface area (Å²) in [6.45, 7) is 0.605. The average Bonchev–Trinajstić information content (AvgIpc) is 3.40. The van der Waals surface area contributed by atoms with Gasteiger partial charge in [-0.15, -0.1) is 5.10 Å². The van der Waals surface area contributed by atoms with E-state index in [4.69, 9.17) is 4.98 Å². The number of rotatable bonds is 3. The average molecular weight is 376 g/mol. The maximum atomic E-state index is 4.87. The molecule has 0 saturated carbocycles. The summed E-state index contributed by atoms with van der Waals surface area (Å²) in [4.78, 5) is 12.5. The van der Waals surface area contributed by atoms with E-state index in [9.17, 15) is 0 Å². The van der Waals surface area contributed by atoms with Crippen LogP contribution in [-0.4, -0.2) is 29.9 Å². The second-order valence-electron chi connectivity index (χ2n) is 7.10. The molecule has 29 heavy (non-hydrogen) atoms. The van der Waals surface area contributed by atoms with Crippen molar-refractivity contribution in [1.82, 2.24) is 29.9 Å². The summed E-state index contributed by atoms with van der Waals surface area (Å²) in [7, 11) is 0. The van der Waals surface area contributed by atoms with Crippen LogP contribution in [0.4, 0.5) is 0 Å². The van der Waals surface area contributed by atoms with E-state index >= 15 is 0 Å². The van der Waals surface area contributed by atoms with Crippen LogP contribution in [0.3, 0.4) is 0 Å². The zero-order chi connectivity index (χ0) is 19.2. The van der Waals surface area contributed by atoms with Gasteiger partial charge in [0, 0.05) is 28.9 Å². The van der Waals surface area contributed by atoms with Crippen molar-refractivity contribution >= 4 is 33.0 Å². The van der Waals surface area contributed by atoms with Gasteiger partial charge in [-0.05, 0) is 53.4 Å². The molecule has 0 aliphatic heterocycles. The Bertz CT molecular complexity index is 1490. The Kier molecular flexibility index (Phi) is 3.43. The summed E-state index contributed by atoms with van der Waals surface area (Å²) < 4.78 is 1.85. The fourth-order valence-electron chi connectivity index (χ4n) is 3.72. The molecule has 2 aromatic carbocycles. The molecule has 0 saturated heterocycles. The van der Waals surface area contributed by atoms with Crippen molar-refractivity contribution in [2.45, 2.75) is 6.54 Å². The van der Waals surface area contributed by atoms with Crippen LogP contribution in [0.15, 0.2) is 79.1 Å². The zero-order valence-electron chi connectivity index (χ0n) is 15.4. The summed E-state index contributed by atoms with van der Waals surface area (Å²) >= 11 is 0. The first kappa shape index (κ1) is 15.9. The van der Waals surface area contributed by atoms with Gasteiger partial charge in [0.2, 0.25) is 0 Å². The van der Waals surface area contributed by atoms with E-state index in [-0.39, 0.29) is 0 Å². The van der Waals surface area contributed by atoms with E-state index in [0.29, 0.717) is 6.54 Å². The third kappa shape index (κ3) is 2.73. The van der Waals surface area contributed by atoms with Gasteiger partial charge in [-0.3, -0.25) is 4.98 Å². The Morgan fingerprint density at radius 1 is 0.862 bits per heavy atom. The predicted molar refractivity (Wildman–Crippen MR) is 113 cm³/mol. The molecule has 0 atom stereocenters. The van der Waals surface area contributed by atoms with E-state index in [0.717, 1.165) is 44.4 Å². The summed E-state index contributed by atoms with van der Waals surface area (Å²) in [6.07, 6.45) is 3.76. The minimum Gasteiger partial charge on any atom is -0.361 e. The lowest BCUT2D eigenvalue weighted by atomic mass is 10.1. The Morgan fingerprint density at radius 3 is 2.83 bits per heavy atom. The van der Waals surface area contributed by atoms with Gasteiger partial charge in [-0.25, -0.2) is 9.67 Å². The molecule has 6 rings (SSSR count). The fraction of sp³-hybridized carbons (Fsp3) is 0.0435. The zero-order valence-corrected chi connectivity index (χ0v) is 15.4. The van der Waals surface area contributed by atoms with Crippen LogP contribution in [0.5, 0.6) is 0 Å². The minimum absolute atomic E-state index is 0.605. The molecule has 0 amide bonds. The molecule has 0 bridgehead atoms. The molecule has 0 aliphatic carbocycles. The number of benzene rings is 2. The van der Waals surface area contributed by atoms with E-state index in [1.54, 1.807) is 0 Å². The van der Waals surface area contributed by atoms with Gasteiger partial charge in [0.05, 0.1) is 17.8 Å². The van der Waals surface area contributed by atoms with Gasteiger partial charge >= 0.3 is 0 Å². The van der Waals surface area contributed by atoms with Crippen LogP contribution in [0.2, 0.25) is 0 Å². The second kappa shape index (κ2) is 6.24. The molecule has 6 heteroatoms. The highest BCUT2D eigenvalue weighted by molar-refractivity contribution is 5.85. The van der Waals surface area contributed by atoms with Gasteiger partial charge in [0.1, 0.15) is 5.52 Å². The number of pyridine rings is 2. The molecule has 6 aromatic rings. The number of hydrogen-bond donors (Lipinski definition) is 1. The number of nitrogens with zero attached hydrogens (tertiary/aromatic N) is 5. The first-order valence-corrected chi connectivity index (χ1v) is 9.45. The number of aromatic amines is 1. The van der Waals surface area contributed by atoms with Gasteiger partial charge in [-0.2, -0.15) is 0 Å². The van der Waals surface area contributed by atoms with Crippen molar-refractivity contribution in [3.63, 3.8) is 0 Å². The summed E-state index contributed by atoms with van der Waals surface area (Å²) in [5.41, 5.74) is 6.75. The minimum atomic E-state index is 0.605. The molecule has 0 unspecified atom stereocenters. The summed E-state index contributed by atoms with van der Waals surface area (Å²) in [5, 5.41) is 10.9. The van der Waals surface area contributed by atoms with Crippen molar-refractivity contribution < 1.29 is 0 Å². The standard InChI is InChI=1S/C23H16N6/c1-2-17-12-15(3-6-19(17)24-10-1)14-29-23-21(27-28-29)8-7-20(26-23)18-5-4-16-9-11-25-22(16)13-18/h1-13,25H,14H2. The van der Waals surface area contributed by atoms with E-state index < -0.39 is 0 Å². The second-order valence-corrected chi connectivity index (χ2v) is 7.10. The lowest BCUT2D eigenvalue weighted by Gasteiger charge is -2.06. The van der Waals surface area contributed by atoms with Gasteiger partial charge in [-0.1, -0.05) is 29.5 Å². The highest BCUT2D eigenvalue weighted by Gasteiger charge is 2.10. The number of hydrogen-bond acceptors (Lipinski definition) is 4. The molecule has 0 spiro atoms. The Labute approximate surface area is 165 Å². The highest BCUT2D eigenvalue weighted by Crippen LogP contribution is 2.24. The van der Waals surface area contributed by atoms with Gasteiger partial charge in [0.25, 0.3) is 0 Å². The topological polar surface area (TPSA) is 72.3 Å². The van der Waals surface area contributed by atoms with Crippen molar-refractivity contribution in [3.8, 4) is 11.3 Å². The van der Waals surface area contributed by atoms with Crippen LogP contribution in [0.25, 0.3) is 44.2 Å². The first-order chi connectivity index (χ1) is 14.3. The van der Waals surface area contributed by atoms with Crippen LogP contribution in [0.1, 0.15) is 5.56 Å². The first-order valence-electron chi connectivity index (χ1n) is 9.45. The van der Waals surface area contributed by atoms with E-state index in [1.807, 2.05) is 41.3 Å². The molecule has 4 heterocycles. The molecule has 0 radical (unpaired) electrons. The number of H-pyrrole nitrogens is 1. The Balaban J connectivity index is 1.41. The largest absolute Gasteiger partial charge is 0.361 e. The lowest BCUT2D eigenvalue weighted by molar-refractivity contribution is 0.665. The molecule has 0 fully saturated rings. The Morgan fingerprint density at radius 2 is 1.83 bits per heavy atom. The van der Waals surface area contributed by atoms with E-state index in [2.05, 4.69) is 62.7 Å². The quantitative estimate of drug-likeness (QED) is 0.491. The smallest absolute Gasteiger partial charge is 0.179 e. The van der Waals surface area contributed by atoms with Gasteiger partial charge in [0.15, 0.2) is 5.65 Å². The maximum Gasteiger partial charge on any atom is 0.179 e. The summed E-state index contributed by atoms with van der Waals surface area (Å²) in [5.74, 6) is 0. The van der Waals surface area contributed by atoms with Crippen LogP contribution in [0, 0.1) is 0 Å². The summed E-state index contributed by atoms with van der Waals surface area (Å²) in [6, 6.07) is 22.6. The van der Waals surface area contributed by atoms with Crippen molar-refractivity contribution in [3.05, 3.63) is 84.7 Å². The van der Waals surface area contributed by atoms with E-state index in [1.165, 1.54) is 5.39 Å². The van der Waals surface area contributed by atoms with Crippen LogP contribution >= 0.6 is 0 Å². The van der Waals surface area contributed by atoms with Crippen molar-refractivity contribution in [2.24, 2.45) is 0 Å². The fourth-order valence-corrected chi connectivity index (χ4v) is 3.72.